The molecule has 0 aliphatic carbocycles. The summed E-state index contributed by atoms with van der Waals surface area (Å²) in [4.78, 5) is 18.3. The number of ether oxygens (including phenoxy) is 1. The highest BCUT2D eigenvalue weighted by Gasteiger charge is 2.26. The van der Waals surface area contributed by atoms with Crippen LogP contribution in [0, 0.1) is 19.8 Å². The Morgan fingerprint density at radius 2 is 2.06 bits per heavy atom. The Hall–Kier alpha value is -1.58. The summed E-state index contributed by atoms with van der Waals surface area (Å²) in [5, 5.41) is 0. The minimum absolute atomic E-state index is 0.00229. The van der Waals surface area contributed by atoms with Crippen LogP contribution in [-0.4, -0.2) is 31.2 Å². The van der Waals surface area contributed by atoms with Gasteiger partial charge < -0.3 is 9.64 Å². The van der Waals surface area contributed by atoms with Crippen LogP contribution in [0.4, 0.5) is 5.69 Å². The summed E-state index contributed by atoms with van der Waals surface area (Å²) < 4.78 is 4.84. The lowest BCUT2D eigenvalue weighted by molar-refractivity contribution is -0.145. The summed E-state index contributed by atoms with van der Waals surface area (Å²) >= 11 is 0. The molecule has 0 spiro atoms. The molecule has 1 aliphatic heterocycles. The van der Waals surface area contributed by atoms with E-state index in [4.69, 9.17) is 4.74 Å². The Kier molecular flexibility index (Phi) is 3.84. The van der Waals surface area contributed by atoms with Crippen molar-refractivity contribution >= 4 is 11.7 Å². The molecule has 2 heterocycles. The third-order valence-electron chi connectivity index (χ3n) is 3.39. The average molecular weight is 248 g/mol. The van der Waals surface area contributed by atoms with Gasteiger partial charge in [0.1, 0.15) is 0 Å². The average Bonchev–Trinajstić information content (AvgIpc) is 2.37. The number of piperidine rings is 1. The SMILES string of the molecule is COC(=O)C1CCCN(c2cc(C)nc(C)c2)C1. The standard InChI is InChI=1S/C14H20N2O2/c1-10-7-13(8-11(2)15-10)16-6-4-5-12(9-16)14(17)18-3/h7-8,12H,4-6,9H2,1-3H3. The Labute approximate surface area is 108 Å². The molecule has 1 aromatic heterocycles. The molecule has 0 saturated carbocycles. The molecule has 1 aliphatic rings. The molecule has 0 bridgehead atoms. The lowest BCUT2D eigenvalue weighted by atomic mass is 9.97. The highest BCUT2D eigenvalue weighted by atomic mass is 16.5. The van der Waals surface area contributed by atoms with Crippen LogP contribution in [0.5, 0.6) is 0 Å². The quantitative estimate of drug-likeness (QED) is 0.752. The van der Waals surface area contributed by atoms with Crippen molar-refractivity contribution in [2.45, 2.75) is 26.7 Å². The number of nitrogens with zero attached hydrogens (tertiary/aromatic N) is 2. The first-order chi connectivity index (χ1) is 8.60. The Morgan fingerprint density at radius 3 is 2.67 bits per heavy atom. The number of carbonyl (C=O) groups excluding carboxylic acids is 1. The van der Waals surface area contributed by atoms with Crippen LogP contribution in [0.2, 0.25) is 0 Å². The number of esters is 1. The Bertz CT molecular complexity index is 425. The van der Waals surface area contributed by atoms with Crippen molar-refractivity contribution in [2.75, 3.05) is 25.1 Å². The number of rotatable bonds is 2. The maximum Gasteiger partial charge on any atom is 0.310 e. The van der Waals surface area contributed by atoms with Gasteiger partial charge in [0.25, 0.3) is 0 Å². The third kappa shape index (κ3) is 2.81. The molecule has 0 amide bonds. The maximum atomic E-state index is 11.6. The van der Waals surface area contributed by atoms with Crippen LogP contribution in [0.3, 0.4) is 0 Å². The molecule has 98 valence electrons. The number of aryl methyl sites for hydroxylation is 2. The van der Waals surface area contributed by atoms with Crippen LogP contribution in [0.1, 0.15) is 24.2 Å². The van der Waals surface area contributed by atoms with Crippen LogP contribution >= 0.6 is 0 Å². The number of aromatic nitrogens is 1. The fourth-order valence-electron chi connectivity index (χ4n) is 2.57. The van der Waals surface area contributed by atoms with Crippen molar-refractivity contribution in [1.29, 1.82) is 0 Å². The molecule has 18 heavy (non-hydrogen) atoms. The van der Waals surface area contributed by atoms with Crippen molar-refractivity contribution in [1.82, 2.24) is 4.98 Å². The first-order valence-electron chi connectivity index (χ1n) is 6.38. The van der Waals surface area contributed by atoms with Crippen LogP contribution < -0.4 is 4.90 Å². The van der Waals surface area contributed by atoms with Gasteiger partial charge in [0.15, 0.2) is 0 Å². The second kappa shape index (κ2) is 5.38. The highest BCUT2D eigenvalue weighted by molar-refractivity contribution is 5.73. The van der Waals surface area contributed by atoms with Crippen molar-refractivity contribution in [3.63, 3.8) is 0 Å². The van der Waals surface area contributed by atoms with Gasteiger partial charge >= 0.3 is 5.97 Å². The van der Waals surface area contributed by atoms with Gasteiger partial charge in [-0.15, -0.1) is 0 Å². The number of anilines is 1. The van der Waals surface area contributed by atoms with Crippen LogP contribution in [-0.2, 0) is 9.53 Å². The van der Waals surface area contributed by atoms with E-state index in [0.29, 0.717) is 0 Å². The van der Waals surface area contributed by atoms with Crippen molar-refractivity contribution in [3.8, 4) is 0 Å². The molecule has 0 aromatic carbocycles. The van der Waals surface area contributed by atoms with E-state index in [-0.39, 0.29) is 11.9 Å². The normalized spacial score (nSPS) is 19.7. The first-order valence-corrected chi connectivity index (χ1v) is 6.38. The van der Waals surface area contributed by atoms with Gasteiger partial charge in [0, 0.05) is 30.2 Å². The molecule has 2 rings (SSSR count). The van der Waals surface area contributed by atoms with Gasteiger partial charge in [-0.2, -0.15) is 0 Å². The summed E-state index contributed by atoms with van der Waals surface area (Å²) in [7, 11) is 1.46. The summed E-state index contributed by atoms with van der Waals surface area (Å²) in [6, 6.07) is 4.15. The summed E-state index contributed by atoms with van der Waals surface area (Å²) in [6.07, 6.45) is 1.95. The zero-order valence-electron chi connectivity index (χ0n) is 11.3. The minimum Gasteiger partial charge on any atom is -0.469 e. The predicted octanol–water partition coefficient (Wildman–Crippen LogP) is 2.09. The maximum absolute atomic E-state index is 11.6. The topological polar surface area (TPSA) is 42.4 Å². The second-order valence-corrected chi connectivity index (χ2v) is 4.92. The fourth-order valence-corrected chi connectivity index (χ4v) is 2.57. The number of carbonyl (C=O) groups is 1. The minimum atomic E-state index is -0.0952. The van der Waals surface area contributed by atoms with E-state index in [1.165, 1.54) is 7.11 Å². The van der Waals surface area contributed by atoms with Crippen LogP contribution in [0.25, 0.3) is 0 Å². The number of pyridine rings is 1. The molecule has 4 nitrogen and oxygen atoms in total. The van der Waals surface area contributed by atoms with Crippen molar-refractivity contribution in [3.05, 3.63) is 23.5 Å². The lowest BCUT2D eigenvalue weighted by Crippen LogP contribution is -2.39. The largest absolute Gasteiger partial charge is 0.469 e. The van der Waals surface area contributed by atoms with E-state index in [1.54, 1.807) is 0 Å². The molecule has 1 saturated heterocycles. The zero-order chi connectivity index (χ0) is 13.1. The number of methoxy groups -OCH3 is 1. The van der Waals surface area contributed by atoms with E-state index in [1.807, 2.05) is 13.8 Å². The van der Waals surface area contributed by atoms with Gasteiger partial charge in [-0.25, -0.2) is 0 Å². The summed E-state index contributed by atoms with van der Waals surface area (Å²) in [5.74, 6) is -0.0975. The van der Waals surface area contributed by atoms with Gasteiger partial charge in [0.05, 0.1) is 13.0 Å². The first kappa shape index (κ1) is 12.9. The van der Waals surface area contributed by atoms with E-state index < -0.39 is 0 Å². The zero-order valence-corrected chi connectivity index (χ0v) is 11.3. The Balaban J connectivity index is 2.15. The third-order valence-corrected chi connectivity index (χ3v) is 3.39. The summed E-state index contributed by atoms with van der Waals surface area (Å²) in [5.41, 5.74) is 3.20. The van der Waals surface area contributed by atoms with E-state index >= 15 is 0 Å². The van der Waals surface area contributed by atoms with Crippen LogP contribution in [0.15, 0.2) is 12.1 Å². The highest BCUT2D eigenvalue weighted by Crippen LogP contribution is 2.24. The van der Waals surface area contributed by atoms with E-state index in [9.17, 15) is 4.79 Å². The molecule has 1 atom stereocenters. The molecule has 4 heteroatoms. The molecule has 0 radical (unpaired) electrons. The van der Waals surface area contributed by atoms with Gasteiger partial charge in [-0.3, -0.25) is 9.78 Å². The molecule has 1 aromatic rings. The monoisotopic (exact) mass is 248 g/mol. The number of hydrogen-bond acceptors (Lipinski definition) is 4. The molecular weight excluding hydrogens is 228 g/mol. The van der Waals surface area contributed by atoms with E-state index in [2.05, 4.69) is 22.0 Å². The lowest BCUT2D eigenvalue weighted by Gasteiger charge is -2.33. The van der Waals surface area contributed by atoms with Crippen molar-refractivity contribution < 1.29 is 9.53 Å². The van der Waals surface area contributed by atoms with E-state index in [0.717, 1.165) is 43.0 Å². The smallest absolute Gasteiger partial charge is 0.310 e. The molecule has 0 N–H and O–H groups in total. The van der Waals surface area contributed by atoms with Gasteiger partial charge in [-0.1, -0.05) is 0 Å². The molecule has 1 unspecified atom stereocenters. The summed E-state index contributed by atoms with van der Waals surface area (Å²) in [6.45, 7) is 5.74. The van der Waals surface area contributed by atoms with Gasteiger partial charge in [0.2, 0.25) is 0 Å². The predicted molar refractivity (Wildman–Crippen MR) is 70.7 cm³/mol. The molecular formula is C14H20N2O2. The Morgan fingerprint density at radius 1 is 1.39 bits per heavy atom. The second-order valence-electron chi connectivity index (χ2n) is 4.92. The van der Waals surface area contributed by atoms with Crippen molar-refractivity contribution in [2.24, 2.45) is 5.92 Å². The fraction of sp³-hybridized carbons (Fsp3) is 0.571. The van der Waals surface area contributed by atoms with Gasteiger partial charge in [-0.05, 0) is 38.8 Å². The molecule has 1 fully saturated rings. The number of hydrogen-bond donors (Lipinski definition) is 0.